The molecule has 0 aromatic heterocycles. The summed E-state index contributed by atoms with van der Waals surface area (Å²) >= 11 is 0. The second-order valence-electron chi connectivity index (χ2n) is 6.75. The van der Waals surface area contributed by atoms with Crippen molar-refractivity contribution in [1.82, 2.24) is 4.90 Å². The Bertz CT molecular complexity index is 402. The van der Waals surface area contributed by atoms with E-state index in [2.05, 4.69) is 0 Å². The van der Waals surface area contributed by atoms with E-state index in [-0.39, 0.29) is 18.4 Å². The van der Waals surface area contributed by atoms with Crippen molar-refractivity contribution in [3.8, 4) is 0 Å². The van der Waals surface area contributed by atoms with Crippen LogP contribution in [0.2, 0.25) is 0 Å². The van der Waals surface area contributed by atoms with Crippen molar-refractivity contribution in [3.05, 3.63) is 0 Å². The number of piperidine rings is 1. The molecule has 1 heterocycles. The van der Waals surface area contributed by atoms with Crippen LogP contribution in [0.25, 0.3) is 0 Å². The van der Waals surface area contributed by atoms with Crippen molar-refractivity contribution in [2.45, 2.75) is 64.7 Å². The number of Topliss-reactive ketones (excluding diaryl/α,β-unsaturated/α-hetero) is 1. The van der Waals surface area contributed by atoms with Crippen LogP contribution < -0.4 is 0 Å². The van der Waals surface area contributed by atoms with Gasteiger partial charge in [-0.15, -0.1) is 0 Å². The fourth-order valence-electron chi connectivity index (χ4n) is 2.49. The summed E-state index contributed by atoms with van der Waals surface area (Å²) < 4.78 is 41.7. The number of rotatable bonds is 4. The fourth-order valence-corrected chi connectivity index (χ4v) is 2.49. The number of nitrogens with zero attached hydrogens (tertiary/aromatic N) is 1. The third-order valence-corrected chi connectivity index (χ3v) is 3.50. The van der Waals surface area contributed by atoms with Gasteiger partial charge in [0.15, 0.2) is 0 Å². The van der Waals surface area contributed by atoms with Gasteiger partial charge in [0, 0.05) is 19.5 Å². The minimum absolute atomic E-state index is 0.127. The Labute approximate surface area is 129 Å². The Morgan fingerprint density at radius 3 is 2.41 bits per heavy atom. The SMILES string of the molecule is CC(C)(C)OC(=O)N1CCCC(CCCC(=O)C(F)(F)F)C1. The highest BCUT2D eigenvalue weighted by atomic mass is 19.4. The molecule has 128 valence electrons. The Morgan fingerprint density at radius 2 is 1.86 bits per heavy atom. The van der Waals surface area contributed by atoms with Gasteiger partial charge in [0.05, 0.1) is 0 Å². The Hall–Kier alpha value is -1.27. The Morgan fingerprint density at radius 1 is 1.23 bits per heavy atom. The first-order valence-corrected chi connectivity index (χ1v) is 7.57. The minimum atomic E-state index is -4.74. The summed E-state index contributed by atoms with van der Waals surface area (Å²) in [6, 6.07) is 0. The smallest absolute Gasteiger partial charge is 0.444 e. The first-order valence-electron chi connectivity index (χ1n) is 7.57. The second kappa shape index (κ2) is 7.33. The second-order valence-corrected chi connectivity index (χ2v) is 6.75. The summed E-state index contributed by atoms with van der Waals surface area (Å²) in [7, 11) is 0. The van der Waals surface area contributed by atoms with Crippen molar-refractivity contribution >= 4 is 11.9 Å². The molecule has 7 heteroatoms. The lowest BCUT2D eigenvalue weighted by molar-refractivity contribution is -0.171. The van der Waals surface area contributed by atoms with Gasteiger partial charge in [-0.25, -0.2) is 4.79 Å². The van der Waals surface area contributed by atoms with Crippen molar-refractivity contribution in [2.24, 2.45) is 5.92 Å². The van der Waals surface area contributed by atoms with Gasteiger partial charge in [-0.1, -0.05) is 0 Å². The molecule has 4 nitrogen and oxygen atoms in total. The van der Waals surface area contributed by atoms with Gasteiger partial charge in [0.1, 0.15) is 5.60 Å². The molecule has 0 aliphatic carbocycles. The topological polar surface area (TPSA) is 46.6 Å². The van der Waals surface area contributed by atoms with E-state index in [4.69, 9.17) is 4.74 Å². The molecule has 0 radical (unpaired) electrons. The van der Waals surface area contributed by atoms with Crippen LogP contribution in [-0.2, 0) is 9.53 Å². The lowest BCUT2D eigenvalue weighted by Crippen LogP contribution is -2.42. The van der Waals surface area contributed by atoms with Crippen LogP contribution in [0.4, 0.5) is 18.0 Å². The van der Waals surface area contributed by atoms with Gasteiger partial charge < -0.3 is 9.64 Å². The standard InChI is InChI=1S/C15H24F3NO3/c1-14(2,3)22-13(21)19-9-5-7-11(10-19)6-4-8-12(20)15(16,17)18/h11H,4-10H2,1-3H3. The number of likely N-dealkylation sites (tertiary alicyclic amines) is 1. The highest BCUT2D eigenvalue weighted by molar-refractivity contribution is 5.83. The number of carbonyl (C=O) groups is 2. The van der Waals surface area contributed by atoms with E-state index in [0.717, 1.165) is 12.8 Å². The Kier molecular flexibility index (Phi) is 6.26. The van der Waals surface area contributed by atoms with Crippen LogP contribution in [0, 0.1) is 5.92 Å². The summed E-state index contributed by atoms with van der Waals surface area (Å²) in [6.45, 7) is 6.45. The predicted octanol–water partition coefficient (Wildman–Crippen LogP) is 3.94. The van der Waals surface area contributed by atoms with Crippen molar-refractivity contribution in [1.29, 1.82) is 0 Å². The molecule has 1 saturated heterocycles. The van der Waals surface area contributed by atoms with E-state index in [1.165, 1.54) is 0 Å². The van der Waals surface area contributed by atoms with Gasteiger partial charge >= 0.3 is 12.3 Å². The lowest BCUT2D eigenvalue weighted by Gasteiger charge is -2.34. The summed E-state index contributed by atoms with van der Waals surface area (Å²) in [4.78, 5) is 24.4. The fraction of sp³-hybridized carbons (Fsp3) is 0.867. The summed E-state index contributed by atoms with van der Waals surface area (Å²) in [6.07, 6.45) is -3.23. The van der Waals surface area contributed by atoms with Gasteiger partial charge in [-0.2, -0.15) is 13.2 Å². The Balaban J connectivity index is 2.38. The van der Waals surface area contributed by atoms with Crippen LogP contribution in [0.15, 0.2) is 0 Å². The maximum Gasteiger partial charge on any atom is 0.449 e. The normalized spacial score (nSPS) is 19.9. The minimum Gasteiger partial charge on any atom is -0.444 e. The van der Waals surface area contributed by atoms with E-state index in [9.17, 15) is 22.8 Å². The molecule has 1 amide bonds. The third-order valence-electron chi connectivity index (χ3n) is 3.50. The molecule has 1 aliphatic heterocycles. The van der Waals surface area contributed by atoms with Crippen LogP contribution in [0.5, 0.6) is 0 Å². The average molecular weight is 323 g/mol. The molecule has 22 heavy (non-hydrogen) atoms. The molecule has 1 unspecified atom stereocenters. The molecule has 0 aromatic carbocycles. The zero-order valence-electron chi connectivity index (χ0n) is 13.3. The average Bonchev–Trinajstić information content (AvgIpc) is 2.36. The summed E-state index contributed by atoms with van der Waals surface area (Å²) in [5, 5.41) is 0. The van der Waals surface area contributed by atoms with Crippen LogP contribution in [0.1, 0.15) is 52.9 Å². The van der Waals surface area contributed by atoms with Gasteiger partial charge in [0.25, 0.3) is 0 Å². The van der Waals surface area contributed by atoms with E-state index in [1.807, 2.05) is 0 Å². The number of hydrogen-bond acceptors (Lipinski definition) is 3. The zero-order valence-corrected chi connectivity index (χ0v) is 13.3. The van der Waals surface area contributed by atoms with Gasteiger partial charge in [-0.05, 0) is 52.4 Å². The largest absolute Gasteiger partial charge is 0.449 e. The summed E-state index contributed by atoms with van der Waals surface area (Å²) in [5.41, 5.74) is -0.566. The molecule has 0 saturated carbocycles. The number of ketones is 1. The highest BCUT2D eigenvalue weighted by Gasteiger charge is 2.37. The molecule has 0 spiro atoms. The summed E-state index contributed by atoms with van der Waals surface area (Å²) in [5.74, 6) is -1.55. The van der Waals surface area contributed by atoms with E-state index in [0.29, 0.717) is 19.5 Å². The van der Waals surface area contributed by atoms with Gasteiger partial charge in [-0.3, -0.25) is 4.79 Å². The number of alkyl halides is 3. The van der Waals surface area contributed by atoms with Crippen LogP contribution in [-0.4, -0.2) is 41.6 Å². The molecule has 1 atom stereocenters. The number of carbonyl (C=O) groups excluding carboxylic acids is 2. The number of ether oxygens (including phenoxy) is 1. The maximum atomic E-state index is 12.1. The first-order chi connectivity index (χ1) is 9.99. The van der Waals surface area contributed by atoms with E-state index in [1.54, 1.807) is 25.7 Å². The quantitative estimate of drug-likeness (QED) is 0.787. The van der Waals surface area contributed by atoms with Crippen LogP contribution >= 0.6 is 0 Å². The van der Waals surface area contributed by atoms with E-state index < -0.39 is 24.0 Å². The lowest BCUT2D eigenvalue weighted by atomic mass is 9.92. The first kappa shape index (κ1) is 18.8. The third kappa shape index (κ3) is 6.66. The predicted molar refractivity (Wildman–Crippen MR) is 75.4 cm³/mol. The molecule has 1 rings (SSSR count). The van der Waals surface area contributed by atoms with Crippen LogP contribution in [0.3, 0.4) is 0 Å². The van der Waals surface area contributed by atoms with E-state index >= 15 is 0 Å². The molecule has 1 fully saturated rings. The van der Waals surface area contributed by atoms with Crippen molar-refractivity contribution in [2.75, 3.05) is 13.1 Å². The maximum absolute atomic E-state index is 12.1. The van der Waals surface area contributed by atoms with Gasteiger partial charge in [0.2, 0.25) is 5.78 Å². The van der Waals surface area contributed by atoms with Crippen molar-refractivity contribution < 1.29 is 27.5 Å². The number of hydrogen-bond donors (Lipinski definition) is 0. The highest BCUT2D eigenvalue weighted by Crippen LogP contribution is 2.25. The molecule has 0 aromatic rings. The molecular weight excluding hydrogens is 299 g/mol. The molecule has 1 aliphatic rings. The molecule has 0 N–H and O–H groups in total. The monoisotopic (exact) mass is 323 g/mol. The van der Waals surface area contributed by atoms with Crippen molar-refractivity contribution in [3.63, 3.8) is 0 Å². The number of halogens is 3. The molecule has 0 bridgehead atoms. The number of amides is 1. The zero-order chi connectivity index (χ0) is 17.0. The molecular formula is C15H24F3NO3.